The van der Waals surface area contributed by atoms with E-state index < -0.39 is 0 Å². The molecule has 0 radical (unpaired) electrons. The van der Waals surface area contributed by atoms with E-state index in [1.54, 1.807) is 0 Å². The molecule has 0 amide bonds. The van der Waals surface area contributed by atoms with Crippen molar-refractivity contribution in [1.29, 1.82) is 0 Å². The Bertz CT molecular complexity index is 312. The van der Waals surface area contributed by atoms with Gasteiger partial charge in [0.15, 0.2) is 0 Å². The van der Waals surface area contributed by atoms with Crippen LogP contribution in [0.3, 0.4) is 0 Å². The van der Waals surface area contributed by atoms with E-state index in [0.29, 0.717) is 6.04 Å². The van der Waals surface area contributed by atoms with Gasteiger partial charge in [-0.15, -0.1) is 11.3 Å². The maximum atomic E-state index is 6.38. The molecule has 1 fully saturated rings. The highest BCUT2D eigenvalue weighted by atomic mass is 32.1. The van der Waals surface area contributed by atoms with Crippen molar-refractivity contribution in [2.24, 2.45) is 17.6 Å². The fourth-order valence-electron chi connectivity index (χ4n) is 3.23. The average Bonchev–Trinajstić information content (AvgIpc) is 2.92. The number of hydrogen-bond acceptors (Lipinski definition) is 2. The molecule has 0 spiro atoms. The largest absolute Gasteiger partial charge is 0.327 e. The lowest BCUT2D eigenvalue weighted by atomic mass is 9.77. The summed E-state index contributed by atoms with van der Waals surface area (Å²) in [6.07, 6.45) is 10.6. The maximum Gasteiger partial charge on any atom is 0.00672 e. The SMILES string of the molecule is CCC1CCC(C(N)CCCc2cccs2)CC1. The first-order chi connectivity index (χ1) is 8.79. The Morgan fingerprint density at radius 3 is 2.72 bits per heavy atom. The Kier molecular flexibility index (Phi) is 5.71. The first-order valence-electron chi connectivity index (χ1n) is 7.57. The summed E-state index contributed by atoms with van der Waals surface area (Å²) in [6, 6.07) is 4.83. The van der Waals surface area contributed by atoms with Crippen molar-refractivity contribution in [1.82, 2.24) is 0 Å². The first kappa shape index (κ1) is 14.1. The molecule has 1 unspecified atom stereocenters. The Morgan fingerprint density at radius 2 is 2.11 bits per heavy atom. The minimum Gasteiger partial charge on any atom is -0.327 e. The van der Waals surface area contributed by atoms with Gasteiger partial charge in [0.25, 0.3) is 0 Å². The quantitative estimate of drug-likeness (QED) is 0.798. The minimum atomic E-state index is 0.447. The molecular formula is C16H27NS. The molecule has 102 valence electrons. The van der Waals surface area contributed by atoms with Crippen molar-refractivity contribution in [3.8, 4) is 0 Å². The van der Waals surface area contributed by atoms with Crippen LogP contribution in [0.1, 0.15) is 56.7 Å². The summed E-state index contributed by atoms with van der Waals surface area (Å²) >= 11 is 1.87. The van der Waals surface area contributed by atoms with Crippen molar-refractivity contribution in [3.63, 3.8) is 0 Å². The van der Waals surface area contributed by atoms with Crippen LogP contribution in [0.5, 0.6) is 0 Å². The van der Waals surface area contributed by atoms with Crippen LogP contribution in [0.25, 0.3) is 0 Å². The molecule has 0 aromatic carbocycles. The molecule has 2 heteroatoms. The van der Waals surface area contributed by atoms with Crippen LogP contribution in [0, 0.1) is 11.8 Å². The van der Waals surface area contributed by atoms with E-state index in [9.17, 15) is 0 Å². The fourth-order valence-corrected chi connectivity index (χ4v) is 3.98. The summed E-state index contributed by atoms with van der Waals surface area (Å²) in [5.41, 5.74) is 6.38. The number of thiophene rings is 1. The Hall–Kier alpha value is -0.340. The monoisotopic (exact) mass is 265 g/mol. The van der Waals surface area contributed by atoms with Gasteiger partial charge < -0.3 is 5.73 Å². The van der Waals surface area contributed by atoms with Crippen molar-refractivity contribution < 1.29 is 0 Å². The van der Waals surface area contributed by atoms with Crippen molar-refractivity contribution >= 4 is 11.3 Å². The molecule has 1 atom stereocenters. The molecule has 1 nitrogen and oxygen atoms in total. The van der Waals surface area contributed by atoms with Crippen LogP contribution in [-0.2, 0) is 6.42 Å². The van der Waals surface area contributed by atoms with Gasteiger partial charge >= 0.3 is 0 Å². The van der Waals surface area contributed by atoms with Crippen LogP contribution >= 0.6 is 11.3 Å². The highest BCUT2D eigenvalue weighted by molar-refractivity contribution is 7.09. The molecule has 18 heavy (non-hydrogen) atoms. The number of hydrogen-bond donors (Lipinski definition) is 1. The zero-order chi connectivity index (χ0) is 12.8. The summed E-state index contributed by atoms with van der Waals surface area (Å²) in [5, 5.41) is 2.17. The smallest absolute Gasteiger partial charge is 0.00672 e. The van der Waals surface area contributed by atoms with E-state index >= 15 is 0 Å². The van der Waals surface area contributed by atoms with Gasteiger partial charge in [-0.1, -0.05) is 32.3 Å². The van der Waals surface area contributed by atoms with Gasteiger partial charge in [0.05, 0.1) is 0 Å². The molecule has 1 saturated carbocycles. The standard InChI is InChI=1S/C16H27NS/c1-2-13-8-10-14(11-9-13)16(17)7-3-5-15-6-4-12-18-15/h4,6,12-14,16H,2-3,5,7-11,17H2,1H3. The second kappa shape index (κ2) is 7.30. The first-order valence-corrected chi connectivity index (χ1v) is 8.45. The van der Waals surface area contributed by atoms with E-state index in [1.165, 1.54) is 56.2 Å². The van der Waals surface area contributed by atoms with E-state index in [2.05, 4.69) is 24.4 Å². The molecular weight excluding hydrogens is 238 g/mol. The lowest BCUT2D eigenvalue weighted by molar-refractivity contribution is 0.232. The third-order valence-electron chi connectivity index (χ3n) is 4.61. The highest BCUT2D eigenvalue weighted by Gasteiger charge is 2.24. The van der Waals surface area contributed by atoms with Crippen LogP contribution in [0.2, 0.25) is 0 Å². The molecule has 0 bridgehead atoms. The fraction of sp³-hybridized carbons (Fsp3) is 0.750. The second-order valence-electron chi connectivity index (χ2n) is 5.82. The van der Waals surface area contributed by atoms with Crippen molar-refractivity contribution in [2.45, 2.75) is 64.3 Å². The molecule has 1 aliphatic carbocycles. The molecule has 2 rings (SSSR count). The maximum absolute atomic E-state index is 6.38. The lowest BCUT2D eigenvalue weighted by Gasteiger charge is -2.31. The van der Waals surface area contributed by atoms with Crippen molar-refractivity contribution in [3.05, 3.63) is 22.4 Å². The summed E-state index contributed by atoms with van der Waals surface area (Å²) in [5.74, 6) is 1.79. The third-order valence-corrected chi connectivity index (χ3v) is 5.55. The molecule has 0 aliphatic heterocycles. The van der Waals surface area contributed by atoms with Crippen LogP contribution in [-0.4, -0.2) is 6.04 Å². The van der Waals surface area contributed by atoms with Gasteiger partial charge in [0, 0.05) is 10.9 Å². The average molecular weight is 265 g/mol. The predicted molar refractivity (Wildman–Crippen MR) is 81.0 cm³/mol. The summed E-state index contributed by atoms with van der Waals surface area (Å²) in [7, 11) is 0. The van der Waals surface area contributed by atoms with Crippen LogP contribution in [0.4, 0.5) is 0 Å². The summed E-state index contributed by atoms with van der Waals surface area (Å²) in [6.45, 7) is 2.33. The van der Waals surface area contributed by atoms with E-state index in [4.69, 9.17) is 5.73 Å². The van der Waals surface area contributed by atoms with Crippen LogP contribution < -0.4 is 5.73 Å². The third kappa shape index (κ3) is 4.10. The lowest BCUT2D eigenvalue weighted by Crippen LogP contribution is -2.33. The van der Waals surface area contributed by atoms with Crippen molar-refractivity contribution in [2.75, 3.05) is 0 Å². The van der Waals surface area contributed by atoms with Gasteiger partial charge in [0.2, 0.25) is 0 Å². The second-order valence-corrected chi connectivity index (χ2v) is 6.86. The summed E-state index contributed by atoms with van der Waals surface area (Å²) in [4.78, 5) is 1.51. The minimum absolute atomic E-state index is 0.447. The van der Waals surface area contributed by atoms with E-state index in [0.717, 1.165) is 11.8 Å². The van der Waals surface area contributed by atoms with Gasteiger partial charge in [0.1, 0.15) is 0 Å². The Labute approximate surface area is 116 Å². The number of aryl methyl sites for hydroxylation is 1. The molecule has 1 aromatic heterocycles. The van der Waals surface area contributed by atoms with E-state index in [-0.39, 0.29) is 0 Å². The summed E-state index contributed by atoms with van der Waals surface area (Å²) < 4.78 is 0. The van der Waals surface area contributed by atoms with Crippen LogP contribution in [0.15, 0.2) is 17.5 Å². The van der Waals surface area contributed by atoms with Gasteiger partial charge in [-0.3, -0.25) is 0 Å². The normalized spacial score (nSPS) is 26.1. The van der Waals surface area contributed by atoms with Gasteiger partial charge in [-0.2, -0.15) is 0 Å². The topological polar surface area (TPSA) is 26.0 Å². The molecule has 0 saturated heterocycles. The zero-order valence-corrected chi connectivity index (χ0v) is 12.4. The molecule has 2 N–H and O–H groups in total. The Morgan fingerprint density at radius 1 is 1.33 bits per heavy atom. The molecule has 1 aromatic rings. The molecule has 1 aliphatic rings. The predicted octanol–water partition coefficient (Wildman–Crippen LogP) is 4.61. The molecule has 1 heterocycles. The highest BCUT2D eigenvalue weighted by Crippen LogP contribution is 2.33. The number of rotatable bonds is 6. The Balaban J connectivity index is 1.64. The van der Waals surface area contributed by atoms with E-state index in [1.807, 2.05) is 11.3 Å². The zero-order valence-electron chi connectivity index (χ0n) is 11.6. The van der Waals surface area contributed by atoms with Gasteiger partial charge in [-0.25, -0.2) is 0 Å². The van der Waals surface area contributed by atoms with Gasteiger partial charge in [-0.05, 0) is 55.4 Å². The number of nitrogens with two attached hydrogens (primary N) is 1.